The first-order valence-electron chi connectivity index (χ1n) is 10.5. The van der Waals surface area contributed by atoms with Crippen LogP contribution in [0.15, 0.2) is 71.5 Å². The van der Waals surface area contributed by atoms with Gasteiger partial charge in [-0.05, 0) is 62.6 Å². The standard InChI is InChI=1S/C24H26N4O2S/c1-3-27(19-9-7-8-10-19)22(29)17-31-24-26-25-23(18-13-15-21(30-2)16-14-18)28(24)20-11-5-4-6-12-20/h4-6,9,11-16H,3,7-8,10,17H2,1-2H3. The molecule has 160 valence electrons. The molecule has 0 radical (unpaired) electrons. The van der Waals surface area contributed by atoms with E-state index in [2.05, 4.69) is 16.3 Å². The molecule has 0 atom stereocenters. The molecule has 0 bridgehead atoms. The summed E-state index contributed by atoms with van der Waals surface area (Å²) in [6.07, 6.45) is 5.34. The highest BCUT2D eigenvalue weighted by molar-refractivity contribution is 7.99. The summed E-state index contributed by atoms with van der Waals surface area (Å²) < 4.78 is 7.28. The first-order valence-corrected chi connectivity index (χ1v) is 11.5. The minimum Gasteiger partial charge on any atom is -0.497 e. The third-order valence-corrected chi connectivity index (χ3v) is 6.22. The van der Waals surface area contributed by atoms with Gasteiger partial charge in [0.2, 0.25) is 5.91 Å². The molecule has 0 saturated carbocycles. The zero-order valence-electron chi connectivity index (χ0n) is 17.8. The van der Waals surface area contributed by atoms with Gasteiger partial charge in [0.1, 0.15) is 5.75 Å². The summed E-state index contributed by atoms with van der Waals surface area (Å²) in [5.74, 6) is 1.94. The molecular formula is C24H26N4O2S. The van der Waals surface area contributed by atoms with E-state index in [4.69, 9.17) is 4.74 Å². The zero-order chi connectivity index (χ0) is 21.6. The number of nitrogens with zero attached hydrogens (tertiary/aromatic N) is 4. The summed E-state index contributed by atoms with van der Waals surface area (Å²) in [7, 11) is 1.65. The predicted molar refractivity (Wildman–Crippen MR) is 123 cm³/mol. The molecule has 1 heterocycles. The van der Waals surface area contributed by atoms with Crippen LogP contribution in [0.25, 0.3) is 17.1 Å². The van der Waals surface area contributed by atoms with E-state index in [1.807, 2.05) is 71.0 Å². The van der Waals surface area contributed by atoms with Crippen molar-refractivity contribution in [2.45, 2.75) is 31.3 Å². The maximum absolute atomic E-state index is 12.9. The average molecular weight is 435 g/mol. The second-order valence-corrected chi connectivity index (χ2v) is 8.16. The molecule has 1 amide bonds. The Bertz CT molecular complexity index is 1060. The molecule has 0 aliphatic heterocycles. The fraction of sp³-hybridized carbons (Fsp3) is 0.292. The van der Waals surface area contributed by atoms with Crippen LogP contribution < -0.4 is 4.74 Å². The molecule has 1 aromatic heterocycles. The van der Waals surface area contributed by atoms with Crippen molar-refractivity contribution in [1.29, 1.82) is 0 Å². The van der Waals surface area contributed by atoms with Gasteiger partial charge < -0.3 is 9.64 Å². The Morgan fingerprint density at radius 2 is 1.90 bits per heavy atom. The SMILES string of the molecule is CCN(C(=O)CSc1nnc(-c2ccc(OC)cc2)n1-c1ccccc1)C1=CCCC1. The van der Waals surface area contributed by atoms with E-state index in [0.717, 1.165) is 47.8 Å². The van der Waals surface area contributed by atoms with Gasteiger partial charge in [0.05, 0.1) is 12.9 Å². The lowest BCUT2D eigenvalue weighted by Gasteiger charge is -2.22. The smallest absolute Gasteiger partial charge is 0.237 e. The van der Waals surface area contributed by atoms with Crippen LogP contribution in [0.4, 0.5) is 0 Å². The quantitative estimate of drug-likeness (QED) is 0.470. The van der Waals surface area contributed by atoms with Crippen molar-refractivity contribution in [3.05, 3.63) is 66.4 Å². The van der Waals surface area contributed by atoms with Gasteiger partial charge in [-0.15, -0.1) is 10.2 Å². The Morgan fingerprint density at radius 1 is 1.13 bits per heavy atom. The Balaban J connectivity index is 1.61. The topological polar surface area (TPSA) is 60.3 Å². The van der Waals surface area contributed by atoms with Crippen LogP contribution in [0, 0.1) is 0 Å². The number of rotatable bonds is 8. The number of hydrogen-bond donors (Lipinski definition) is 0. The van der Waals surface area contributed by atoms with E-state index in [-0.39, 0.29) is 5.91 Å². The Labute approximate surface area is 186 Å². The van der Waals surface area contributed by atoms with E-state index < -0.39 is 0 Å². The molecule has 3 aromatic rings. The van der Waals surface area contributed by atoms with Crippen molar-refractivity contribution < 1.29 is 9.53 Å². The Morgan fingerprint density at radius 3 is 2.55 bits per heavy atom. The van der Waals surface area contributed by atoms with Crippen molar-refractivity contribution in [3.8, 4) is 22.8 Å². The minimum absolute atomic E-state index is 0.106. The number of aromatic nitrogens is 3. The molecule has 1 aliphatic rings. The van der Waals surface area contributed by atoms with Crippen LogP contribution in [0.1, 0.15) is 26.2 Å². The molecule has 0 spiro atoms. The molecule has 2 aromatic carbocycles. The van der Waals surface area contributed by atoms with E-state index in [0.29, 0.717) is 17.5 Å². The number of thioether (sulfide) groups is 1. The summed E-state index contributed by atoms with van der Waals surface area (Å²) in [4.78, 5) is 14.8. The van der Waals surface area contributed by atoms with Gasteiger partial charge in [0.25, 0.3) is 0 Å². The highest BCUT2D eigenvalue weighted by Gasteiger charge is 2.21. The maximum Gasteiger partial charge on any atom is 0.237 e. The van der Waals surface area contributed by atoms with Gasteiger partial charge in [-0.3, -0.25) is 9.36 Å². The second-order valence-electron chi connectivity index (χ2n) is 7.22. The van der Waals surface area contributed by atoms with E-state index in [9.17, 15) is 4.79 Å². The molecule has 6 nitrogen and oxygen atoms in total. The summed E-state index contributed by atoms with van der Waals surface area (Å²) in [5.41, 5.74) is 3.04. The molecule has 0 fully saturated rings. The number of hydrogen-bond acceptors (Lipinski definition) is 5. The predicted octanol–water partition coefficient (Wildman–Crippen LogP) is 4.95. The number of carbonyl (C=O) groups excluding carboxylic acids is 1. The number of amides is 1. The van der Waals surface area contributed by atoms with Crippen molar-refractivity contribution in [3.63, 3.8) is 0 Å². The molecule has 31 heavy (non-hydrogen) atoms. The highest BCUT2D eigenvalue weighted by Crippen LogP contribution is 2.30. The van der Waals surface area contributed by atoms with Gasteiger partial charge >= 0.3 is 0 Å². The number of benzene rings is 2. The lowest BCUT2D eigenvalue weighted by atomic mass is 10.2. The summed E-state index contributed by atoms with van der Waals surface area (Å²) in [6.45, 7) is 2.71. The van der Waals surface area contributed by atoms with E-state index >= 15 is 0 Å². The van der Waals surface area contributed by atoms with Crippen LogP contribution in [0.3, 0.4) is 0 Å². The molecule has 4 rings (SSSR count). The van der Waals surface area contributed by atoms with Gasteiger partial charge in [-0.25, -0.2) is 0 Å². The lowest BCUT2D eigenvalue weighted by molar-refractivity contribution is -0.126. The third kappa shape index (κ3) is 4.66. The molecule has 7 heteroatoms. The summed E-state index contributed by atoms with van der Waals surface area (Å²) in [6, 6.07) is 17.7. The van der Waals surface area contributed by atoms with Crippen molar-refractivity contribution in [2.75, 3.05) is 19.4 Å². The van der Waals surface area contributed by atoms with Crippen LogP contribution in [0.5, 0.6) is 5.75 Å². The number of para-hydroxylation sites is 1. The van der Waals surface area contributed by atoms with Gasteiger partial charge in [0, 0.05) is 23.5 Å². The molecule has 0 N–H and O–H groups in total. The minimum atomic E-state index is 0.106. The van der Waals surface area contributed by atoms with Crippen molar-refractivity contribution in [2.24, 2.45) is 0 Å². The number of allylic oxidation sites excluding steroid dienone is 2. The van der Waals surface area contributed by atoms with Crippen LogP contribution >= 0.6 is 11.8 Å². The van der Waals surface area contributed by atoms with Crippen LogP contribution in [-0.4, -0.2) is 45.0 Å². The van der Waals surface area contributed by atoms with Gasteiger partial charge in [-0.1, -0.05) is 36.0 Å². The van der Waals surface area contributed by atoms with Gasteiger partial charge in [-0.2, -0.15) is 0 Å². The number of ether oxygens (including phenoxy) is 1. The van der Waals surface area contributed by atoms with Crippen molar-refractivity contribution >= 4 is 17.7 Å². The average Bonchev–Trinajstić information content (AvgIpc) is 3.49. The first-order chi connectivity index (χ1) is 15.2. The monoisotopic (exact) mass is 434 g/mol. The normalized spacial score (nSPS) is 13.2. The fourth-order valence-electron chi connectivity index (χ4n) is 3.74. The fourth-order valence-corrected chi connectivity index (χ4v) is 4.57. The molecule has 0 saturated heterocycles. The lowest BCUT2D eigenvalue weighted by Crippen LogP contribution is -2.31. The molecular weight excluding hydrogens is 408 g/mol. The third-order valence-electron chi connectivity index (χ3n) is 5.30. The second kappa shape index (κ2) is 9.83. The van der Waals surface area contributed by atoms with E-state index in [1.165, 1.54) is 11.8 Å². The summed E-state index contributed by atoms with van der Waals surface area (Å²) >= 11 is 1.42. The Hall–Kier alpha value is -3.06. The van der Waals surface area contributed by atoms with Crippen LogP contribution in [0.2, 0.25) is 0 Å². The Kier molecular flexibility index (Phi) is 6.72. The maximum atomic E-state index is 12.9. The molecule has 0 unspecified atom stereocenters. The summed E-state index contributed by atoms with van der Waals surface area (Å²) in [5, 5.41) is 9.58. The highest BCUT2D eigenvalue weighted by atomic mass is 32.2. The largest absolute Gasteiger partial charge is 0.497 e. The number of carbonyl (C=O) groups is 1. The van der Waals surface area contributed by atoms with Crippen molar-refractivity contribution in [1.82, 2.24) is 19.7 Å². The van der Waals surface area contributed by atoms with Crippen LogP contribution in [-0.2, 0) is 4.79 Å². The zero-order valence-corrected chi connectivity index (χ0v) is 18.6. The molecule has 1 aliphatic carbocycles. The first kappa shape index (κ1) is 21.2. The van der Waals surface area contributed by atoms with Gasteiger partial charge in [0.15, 0.2) is 11.0 Å². The number of methoxy groups -OCH3 is 1. The van der Waals surface area contributed by atoms with E-state index in [1.54, 1.807) is 7.11 Å².